The smallest absolute Gasteiger partial charge is 0.263 e. The molecule has 0 unspecified atom stereocenters. The van der Waals surface area contributed by atoms with Gasteiger partial charge in [-0.1, -0.05) is 35.3 Å². The van der Waals surface area contributed by atoms with Crippen molar-refractivity contribution in [3.05, 3.63) is 58.1 Å². The van der Waals surface area contributed by atoms with Gasteiger partial charge in [-0.15, -0.1) is 0 Å². The molecule has 0 radical (unpaired) electrons. The van der Waals surface area contributed by atoms with Crippen molar-refractivity contribution in [2.45, 2.75) is 32.0 Å². The predicted octanol–water partition coefficient (Wildman–Crippen LogP) is 3.99. The standard InChI is InChI=1S/C21H23Cl2NO5S/c1-14(29-20-8-5-16(22)11-19(20)23)21(25)24(17-9-10-30(26,27)13-17)12-15-3-6-18(28-2)7-4-15/h3-8,11,14,17H,9-10,12-13H2,1-2H3/t14-,17-/m1/s1. The molecular formula is C21H23Cl2NO5S. The van der Waals surface area contributed by atoms with E-state index in [0.717, 1.165) is 5.56 Å². The van der Waals surface area contributed by atoms with E-state index in [1.165, 1.54) is 6.07 Å². The van der Waals surface area contributed by atoms with Gasteiger partial charge in [0.25, 0.3) is 5.91 Å². The molecule has 30 heavy (non-hydrogen) atoms. The lowest BCUT2D eigenvalue weighted by Gasteiger charge is -2.31. The van der Waals surface area contributed by atoms with Crippen molar-refractivity contribution in [2.75, 3.05) is 18.6 Å². The van der Waals surface area contributed by atoms with Gasteiger partial charge in [-0.3, -0.25) is 4.79 Å². The highest BCUT2D eigenvalue weighted by Crippen LogP contribution is 2.29. The zero-order chi connectivity index (χ0) is 21.9. The maximum atomic E-state index is 13.3. The Labute approximate surface area is 186 Å². The van der Waals surface area contributed by atoms with Crippen LogP contribution in [0.1, 0.15) is 18.9 Å². The zero-order valence-electron chi connectivity index (χ0n) is 16.7. The number of amides is 1. The first-order valence-corrected chi connectivity index (χ1v) is 12.0. The number of hydrogen-bond acceptors (Lipinski definition) is 5. The second-order valence-corrected chi connectivity index (χ2v) is 10.3. The predicted molar refractivity (Wildman–Crippen MR) is 117 cm³/mol. The minimum Gasteiger partial charge on any atom is -0.497 e. The van der Waals surface area contributed by atoms with Crippen LogP contribution in [-0.2, 0) is 21.2 Å². The van der Waals surface area contributed by atoms with Crippen molar-refractivity contribution in [3.8, 4) is 11.5 Å². The Kier molecular flexibility index (Phi) is 7.16. The second-order valence-electron chi connectivity index (χ2n) is 7.21. The highest BCUT2D eigenvalue weighted by molar-refractivity contribution is 7.91. The Morgan fingerprint density at radius 2 is 1.90 bits per heavy atom. The van der Waals surface area contributed by atoms with Crippen molar-refractivity contribution in [1.29, 1.82) is 0 Å². The summed E-state index contributed by atoms with van der Waals surface area (Å²) >= 11 is 12.1. The Bertz CT molecular complexity index is 1010. The van der Waals surface area contributed by atoms with Gasteiger partial charge in [0.1, 0.15) is 11.5 Å². The Balaban J connectivity index is 1.81. The molecule has 2 aromatic rings. The molecule has 162 valence electrons. The topological polar surface area (TPSA) is 72.9 Å². The number of nitrogens with zero attached hydrogens (tertiary/aromatic N) is 1. The summed E-state index contributed by atoms with van der Waals surface area (Å²) in [5, 5.41) is 0.760. The number of ether oxygens (including phenoxy) is 2. The molecule has 1 aliphatic heterocycles. The third kappa shape index (κ3) is 5.59. The van der Waals surface area contributed by atoms with Crippen LogP contribution >= 0.6 is 23.2 Å². The molecule has 1 fully saturated rings. The minimum absolute atomic E-state index is 0.0523. The summed E-state index contributed by atoms with van der Waals surface area (Å²) in [6, 6.07) is 11.7. The van der Waals surface area contributed by atoms with Crippen LogP contribution in [0.5, 0.6) is 11.5 Å². The molecule has 0 aromatic heterocycles. The molecule has 0 saturated carbocycles. The molecule has 2 aromatic carbocycles. The van der Waals surface area contributed by atoms with Gasteiger partial charge in [0.05, 0.1) is 23.6 Å². The molecule has 0 aliphatic carbocycles. The van der Waals surface area contributed by atoms with Crippen molar-refractivity contribution in [2.24, 2.45) is 0 Å². The number of hydrogen-bond donors (Lipinski definition) is 0. The van der Waals surface area contributed by atoms with Gasteiger partial charge in [0.15, 0.2) is 15.9 Å². The van der Waals surface area contributed by atoms with Gasteiger partial charge < -0.3 is 14.4 Å². The average molecular weight is 472 g/mol. The van der Waals surface area contributed by atoms with Gasteiger partial charge in [0.2, 0.25) is 0 Å². The summed E-state index contributed by atoms with van der Waals surface area (Å²) in [6.45, 7) is 1.89. The summed E-state index contributed by atoms with van der Waals surface area (Å²) < 4.78 is 35.0. The average Bonchev–Trinajstić information content (AvgIpc) is 3.07. The molecule has 1 heterocycles. The van der Waals surface area contributed by atoms with E-state index in [1.54, 1.807) is 43.2 Å². The summed E-state index contributed by atoms with van der Waals surface area (Å²) in [7, 11) is -1.58. The largest absolute Gasteiger partial charge is 0.497 e. The van der Waals surface area contributed by atoms with E-state index in [-0.39, 0.29) is 24.0 Å². The number of halogens is 2. The molecule has 9 heteroatoms. The van der Waals surface area contributed by atoms with Crippen molar-refractivity contribution in [3.63, 3.8) is 0 Å². The first kappa shape index (κ1) is 22.7. The van der Waals surface area contributed by atoms with E-state index in [2.05, 4.69) is 0 Å². The Morgan fingerprint density at radius 1 is 1.20 bits per heavy atom. The first-order valence-electron chi connectivity index (χ1n) is 9.44. The van der Waals surface area contributed by atoms with Gasteiger partial charge in [-0.2, -0.15) is 0 Å². The third-order valence-corrected chi connectivity index (χ3v) is 7.27. The third-order valence-electron chi connectivity index (χ3n) is 4.99. The molecular weight excluding hydrogens is 449 g/mol. The van der Waals surface area contributed by atoms with Crippen LogP contribution in [0.4, 0.5) is 0 Å². The minimum atomic E-state index is -3.16. The van der Waals surface area contributed by atoms with E-state index < -0.39 is 22.0 Å². The number of carbonyl (C=O) groups is 1. The molecule has 1 aliphatic rings. The molecule has 2 atom stereocenters. The molecule has 0 N–H and O–H groups in total. The summed E-state index contributed by atoms with van der Waals surface area (Å²) in [5.74, 6) is 0.754. The van der Waals surface area contributed by atoms with E-state index >= 15 is 0 Å². The zero-order valence-corrected chi connectivity index (χ0v) is 19.0. The van der Waals surface area contributed by atoms with Gasteiger partial charge in [-0.05, 0) is 49.2 Å². The van der Waals surface area contributed by atoms with Crippen LogP contribution in [0.2, 0.25) is 10.0 Å². The quantitative estimate of drug-likeness (QED) is 0.610. The number of sulfone groups is 1. The molecule has 1 amide bonds. The normalized spacial score (nSPS) is 18.6. The van der Waals surface area contributed by atoms with E-state index in [4.69, 9.17) is 32.7 Å². The second kappa shape index (κ2) is 9.45. The summed E-state index contributed by atoms with van der Waals surface area (Å²) in [4.78, 5) is 14.8. The molecule has 1 saturated heterocycles. The summed E-state index contributed by atoms with van der Waals surface area (Å²) in [5.41, 5.74) is 0.866. The van der Waals surface area contributed by atoms with Crippen LogP contribution in [-0.4, -0.2) is 50.0 Å². The lowest BCUT2D eigenvalue weighted by atomic mass is 10.1. The van der Waals surface area contributed by atoms with E-state index in [1.807, 2.05) is 12.1 Å². The van der Waals surface area contributed by atoms with Crippen molar-refractivity contribution >= 4 is 38.9 Å². The Hall–Kier alpha value is -1.96. The van der Waals surface area contributed by atoms with Crippen LogP contribution in [0.3, 0.4) is 0 Å². The number of rotatable bonds is 7. The molecule has 3 rings (SSSR count). The highest BCUT2D eigenvalue weighted by Gasteiger charge is 2.36. The fourth-order valence-electron chi connectivity index (χ4n) is 3.38. The van der Waals surface area contributed by atoms with Crippen LogP contribution in [0, 0.1) is 0 Å². The first-order chi connectivity index (χ1) is 14.2. The van der Waals surface area contributed by atoms with Crippen LogP contribution in [0.15, 0.2) is 42.5 Å². The lowest BCUT2D eigenvalue weighted by molar-refractivity contribution is -0.140. The fraction of sp³-hybridized carbons (Fsp3) is 0.381. The summed E-state index contributed by atoms with van der Waals surface area (Å²) in [6.07, 6.45) is -0.455. The molecule has 6 nitrogen and oxygen atoms in total. The van der Waals surface area contributed by atoms with E-state index in [9.17, 15) is 13.2 Å². The lowest BCUT2D eigenvalue weighted by Crippen LogP contribution is -2.46. The highest BCUT2D eigenvalue weighted by atomic mass is 35.5. The van der Waals surface area contributed by atoms with Gasteiger partial charge in [0, 0.05) is 17.6 Å². The SMILES string of the molecule is COc1ccc(CN(C(=O)[C@@H](C)Oc2ccc(Cl)cc2Cl)[C@@H]2CCS(=O)(=O)C2)cc1. The van der Waals surface area contributed by atoms with E-state index in [0.29, 0.717) is 28.0 Å². The van der Waals surface area contributed by atoms with Crippen molar-refractivity contribution in [1.82, 2.24) is 4.90 Å². The maximum Gasteiger partial charge on any atom is 0.263 e. The monoisotopic (exact) mass is 471 g/mol. The number of methoxy groups -OCH3 is 1. The van der Waals surface area contributed by atoms with Crippen LogP contribution < -0.4 is 9.47 Å². The maximum absolute atomic E-state index is 13.3. The number of carbonyl (C=O) groups excluding carboxylic acids is 1. The molecule has 0 bridgehead atoms. The Morgan fingerprint density at radius 3 is 2.47 bits per heavy atom. The van der Waals surface area contributed by atoms with Gasteiger partial charge in [-0.25, -0.2) is 8.42 Å². The molecule has 0 spiro atoms. The van der Waals surface area contributed by atoms with Crippen molar-refractivity contribution < 1.29 is 22.7 Å². The fourth-order valence-corrected chi connectivity index (χ4v) is 5.56. The number of benzene rings is 2. The van der Waals surface area contributed by atoms with Crippen LogP contribution in [0.25, 0.3) is 0 Å². The van der Waals surface area contributed by atoms with Gasteiger partial charge >= 0.3 is 0 Å².